The number of ether oxygens (including phenoxy) is 1. The van der Waals surface area contributed by atoms with E-state index in [0.29, 0.717) is 30.6 Å². The standard InChI is InChI=1S/C22H27N3O5/c1-13(21(29)30-22(2,3)4)10-23-11-14-5-6-16-15(9-14)12-25(20(16)28)17-7-8-18(26)24-19(17)27/h5-6,9,17,23H,1,7-8,10-12H2,2-4H3,(H,24,26,27). The minimum Gasteiger partial charge on any atom is -0.457 e. The topological polar surface area (TPSA) is 105 Å². The fraction of sp³-hybridized carbons (Fsp3) is 0.455. The summed E-state index contributed by atoms with van der Waals surface area (Å²) in [5.74, 6) is -1.36. The van der Waals surface area contributed by atoms with Gasteiger partial charge in [-0.15, -0.1) is 0 Å². The SMILES string of the molecule is C=C(CNCc1ccc2c(c1)CN(C1CCC(=O)NC1=O)C2=O)C(=O)OC(C)(C)C. The summed E-state index contributed by atoms with van der Waals surface area (Å²) in [6, 6.07) is 4.89. The number of hydrogen-bond donors (Lipinski definition) is 2. The van der Waals surface area contributed by atoms with Crippen molar-refractivity contribution in [2.24, 2.45) is 0 Å². The van der Waals surface area contributed by atoms with Crippen LogP contribution in [0.1, 0.15) is 55.1 Å². The van der Waals surface area contributed by atoms with Gasteiger partial charge in [0.25, 0.3) is 5.91 Å². The van der Waals surface area contributed by atoms with Crippen molar-refractivity contribution in [3.8, 4) is 0 Å². The summed E-state index contributed by atoms with van der Waals surface area (Å²) in [5, 5.41) is 5.46. The number of nitrogens with one attached hydrogen (secondary N) is 2. The van der Waals surface area contributed by atoms with Crippen molar-refractivity contribution in [3.63, 3.8) is 0 Å². The lowest BCUT2D eigenvalue weighted by Gasteiger charge is -2.29. The van der Waals surface area contributed by atoms with Gasteiger partial charge in [0.1, 0.15) is 11.6 Å². The van der Waals surface area contributed by atoms with Crippen molar-refractivity contribution >= 4 is 23.7 Å². The number of amides is 3. The maximum Gasteiger partial charge on any atom is 0.335 e. The molecule has 1 aromatic carbocycles. The maximum absolute atomic E-state index is 12.7. The molecule has 8 heteroatoms. The van der Waals surface area contributed by atoms with Crippen molar-refractivity contribution < 1.29 is 23.9 Å². The second-order valence-corrected chi connectivity index (χ2v) is 8.60. The number of imide groups is 1. The third-order valence-electron chi connectivity index (χ3n) is 4.94. The molecule has 30 heavy (non-hydrogen) atoms. The van der Waals surface area contributed by atoms with Crippen molar-refractivity contribution in [1.29, 1.82) is 0 Å². The number of rotatable bonds is 6. The Morgan fingerprint density at radius 2 is 2.03 bits per heavy atom. The van der Waals surface area contributed by atoms with Gasteiger partial charge in [-0.3, -0.25) is 19.7 Å². The van der Waals surface area contributed by atoms with Crippen LogP contribution in [0.5, 0.6) is 0 Å². The predicted molar refractivity (Wildman–Crippen MR) is 109 cm³/mol. The van der Waals surface area contributed by atoms with Crippen molar-refractivity contribution in [2.45, 2.75) is 58.3 Å². The van der Waals surface area contributed by atoms with Crippen LogP contribution in [-0.4, -0.2) is 46.8 Å². The zero-order valence-electron chi connectivity index (χ0n) is 17.5. The Hall–Kier alpha value is -3.00. The molecule has 1 atom stereocenters. The summed E-state index contributed by atoms with van der Waals surface area (Å²) in [6.07, 6.45) is 0.568. The number of piperidine rings is 1. The highest BCUT2D eigenvalue weighted by molar-refractivity contribution is 6.05. The Kier molecular flexibility index (Phi) is 6.07. The van der Waals surface area contributed by atoms with Crippen LogP contribution in [0.25, 0.3) is 0 Å². The number of hydrogen-bond acceptors (Lipinski definition) is 6. The molecule has 0 aromatic heterocycles. The van der Waals surface area contributed by atoms with E-state index in [-0.39, 0.29) is 24.8 Å². The Balaban J connectivity index is 1.57. The van der Waals surface area contributed by atoms with E-state index in [1.54, 1.807) is 26.8 Å². The second kappa shape index (κ2) is 8.39. The molecule has 1 fully saturated rings. The quantitative estimate of drug-likeness (QED) is 0.415. The lowest BCUT2D eigenvalue weighted by molar-refractivity contribution is -0.150. The minimum atomic E-state index is -0.624. The van der Waals surface area contributed by atoms with Crippen LogP contribution in [0.2, 0.25) is 0 Å². The molecule has 0 saturated carbocycles. The highest BCUT2D eigenvalue weighted by atomic mass is 16.6. The molecular weight excluding hydrogens is 386 g/mol. The van der Waals surface area contributed by atoms with E-state index in [2.05, 4.69) is 17.2 Å². The summed E-state index contributed by atoms with van der Waals surface area (Å²) < 4.78 is 5.28. The van der Waals surface area contributed by atoms with E-state index in [4.69, 9.17) is 4.74 Å². The number of carbonyl (C=O) groups is 4. The van der Waals surface area contributed by atoms with Crippen LogP contribution in [0, 0.1) is 0 Å². The number of nitrogens with zero attached hydrogens (tertiary/aromatic N) is 1. The molecular formula is C22H27N3O5. The van der Waals surface area contributed by atoms with Crippen LogP contribution < -0.4 is 10.6 Å². The van der Waals surface area contributed by atoms with Gasteiger partial charge in [0.05, 0.1) is 0 Å². The Bertz CT molecular complexity index is 916. The molecule has 2 N–H and O–H groups in total. The number of benzene rings is 1. The van der Waals surface area contributed by atoms with Gasteiger partial charge in [-0.2, -0.15) is 0 Å². The first-order chi connectivity index (χ1) is 14.0. The largest absolute Gasteiger partial charge is 0.457 e. The monoisotopic (exact) mass is 413 g/mol. The van der Waals surface area contributed by atoms with E-state index >= 15 is 0 Å². The van der Waals surface area contributed by atoms with E-state index in [9.17, 15) is 19.2 Å². The molecule has 0 bridgehead atoms. The molecule has 3 amide bonds. The van der Waals surface area contributed by atoms with Gasteiger partial charge in [0.15, 0.2) is 0 Å². The van der Waals surface area contributed by atoms with Crippen LogP contribution in [0.15, 0.2) is 30.4 Å². The van der Waals surface area contributed by atoms with Gasteiger partial charge in [-0.1, -0.05) is 18.7 Å². The fourth-order valence-corrected chi connectivity index (χ4v) is 3.52. The van der Waals surface area contributed by atoms with Gasteiger partial charge in [-0.05, 0) is 44.4 Å². The average Bonchev–Trinajstić information content (AvgIpc) is 2.96. The maximum atomic E-state index is 12.7. The third kappa shape index (κ3) is 4.94. The summed E-state index contributed by atoms with van der Waals surface area (Å²) in [6.45, 7) is 10.3. The molecule has 8 nitrogen and oxygen atoms in total. The van der Waals surface area contributed by atoms with Crippen LogP contribution in [0.3, 0.4) is 0 Å². The van der Waals surface area contributed by atoms with Gasteiger partial charge < -0.3 is 15.0 Å². The lowest BCUT2D eigenvalue weighted by atomic mass is 10.0. The normalized spacial score (nSPS) is 18.8. The summed E-state index contributed by atoms with van der Waals surface area (Å²) >= 11 is 0. The molecule has 1 unspecified atom stereocenters. The summed E-state index contributed by atoms with van der Waals surface area (Å²) in [7, 11) is 0. The lowest BCUT2D eigenvalue weighted by Crippen LogP contribution is -2.52. The van der Waals surface area contributed by atoms with Crippen molar-refractivity contribution in [1.82, 2.24) is 15.5 Å². The molecule has 0 aliphatic carbocycles. The van der Waals surface area contributed by atoms with Gasteiger partial charge in [0.2, 0.25) is 11.8 Å². The van der Waals surface area contributed by atoms with Crippen LogP contribution >= 0.6 is 0 Å². The average molecular weight is 413 g/mol. The molecule has 2 aliphatic rings. The zero-order valence-corrected chi connectivity index (χ0v) is 17.5. The van der Waals surface area contributed by atoms with Crippen LogP contribution in [-0.2, 0) is 32.2 Å². The molecule has 1 aromatic rings. The Morgan fingerprint density at radius 3 is 2.70 bits per heavy atom. The number of esters is 1. The number of carbonyl (C=O) groups excluding carboxylic acids is 4. The molecule has 160 valence electrons. The van der Waals surface area contributed by atoms with Gasteiger partial charge in [-0.25, -0.2) is 4.79 Å². The third-order valence-corrected chi connectivity index (χ3v) is 4.94. The minimum absolute atomic E-state index is 0.197. The predicted octanol–water partition coefficient (Wildman–Crippen LogP) is 1.44. The first kappa shape index (κ1) is 21.7. The first-order valence-corrected chi connectivity index (χ1v) is 9.93. The number of fused-ring (bicyclic) bond motifs is 1. The second-order valence-electron chi connectivity index (χ2n) is 8.60. The highest BCUT2D eigenvalue weighted by Gasteiger charge is 2.39. The first-order valence-electron chi connectivity index (χ1n) is 9.93. The van der Waals surface area contributed by atoms with E-state index < -0.39 is 23.5 Å². The Morgan fingerprint density at radius 1 is 1.30 bits per heavy atom. The van der Waals surface area contributed by atoms with Crippen LogP contribution in [0.4, 0.5) is 0 Å². The zero-order chi connectivity index (χ0) is 22.1. The molecule has 2 heterocycles. The molecule has 0 radical (unpaired) electrons. The van der Waals surface area contributed by atoms with Gasteiger partial charge in [0, 0.05) is 37.2 Å². The summed E-state index contributed by atoms with van der Waals surface area (Å²) in [5.41, 5.74) is 2.13. The van der Waals surface area contributed by atoms with E-state index in [0.717, 1.165) is 11.1 Å². The molecule has 0 spiro atoms. The molecule has 2 aliphatic heterocycles. The molecule has 3 rings (SSSR count). The fourth-order valence-electron chi connectivity index (χ4n) is 3.52. The van der Waals surface area contributed by atoms with E-state index in [1.165, 1.54) is 4.90 Å². The van der Waals surface area contributed by atoms with Crippen molar-refractivity contribution in [3.05, 3.63) is 47.0 Å². The Labute approximate surface area is 175 Å². The van der Waals surface area contributed by atoms with E-state index in [1.807, 2.05) is 12.1 Å². The molecule has 1 saturated heterocycles. The summed E-state index contributed by atoms with van der Waals surface area (Å²) in [4.78, 5) is 49.7. The smallest absolute Gasteiger partial charge is 0.335 e. The van der Waals surface area contributed by atoms with Crippen molar-refractivity contribution in [2.75, 3.05) is 6.54 Å². The van der Waals surface area contributed by atoms with Gasteiger partial charge >= 0.3 is 5.97 Å². The highest BCUT2D eigenvalue weighted by Crippen LogP contribution is 2.28.